The van der Waals surface area contributed by atoms with E-state index in [9.17, 15) is 9.18 Å². The zero-order valence-electron chi connectivity index (χ0n) is 10.9. The Hall–Kier alpha value is -1.58. The van der Waals surface area contributed by atoms with Crippen LogP contribution >= 0.6 is 0 Å². The maximum atomic E-state index is 13.7. The molecule has 1 aliphatic carbocycles. The highest BCUT2D eigenvalue weighted by atomic mass is 19.1. The Morgan fingerprint density at radius 3 is 2.28 bits per heavy atom. The fraction of sp³-hybridized carbons (Fsp3) is 0.500. The van der Waals surface area contributed by atoms with Gasteiger partial charge in [-0.05, 0) is 51.3 Å². The van der Waals surface area contributed by atoms with Crippen molar-refractivity contribution < 1.29 is 13.9 Å². The van der Waals surface area contributed by atoms with Crippen molar-refractivity contribution in [3.63, 3.8) is 0 Å². The summed E-state index contributed by atoms with van der Waals surface area (Å²) in [6.45, 7) is 5.40. The van der Waals surface area contributed by atoms with Gasteiger partial charge in [0.15, 0.2) is 0 Å². The fourth-order valence-corrected chi connectivity index (χ4v) is 1.67. The van der Waals surface area contributed by atoms with E-state index in [0.717, 1.165) is 0 Å². The third-order valence-corrected chi connectivity index (χ3v) is 2.74. The summed E-state index contributed by atoms with van der Waals surface area (Å²) in [5.74, 6) is 0. The predicted molar refractivity (Wildman–Crippen MR) is 68.3 cm³/mol. The van der Waals surface area contributed by atoms with Gasteiger partial charge in [-0.2, -0.15) is 0 Å². The first kappa shape index (κ1) is 12.9. The third kappa shape index (κ3) is 3.22. The highest BCUT2D eigenvalue weighted by molar-refractivity contribution is 5.84. The molecule has 2 rings (SSSR count). The van der Waals surface area contributed by atoms with Crippen LogP contribution in [0.15, 0.2) is 24.3 Å². The molecule has 1 fully saturated rings. The van der Waals surface area contributed by atoms with E-state index in [1.54, 1.807) is 45.0 Å². The van der Waals surface area contributed by atoms with Crippen LogP contribution in [0, 0.1) is 0 Å². The Balaban J connectivity index is 1.96. The van der Waals surface area contributed by atoms with Crippen LogP contribution in [0.1, 0.15) is 39.2 Å². The maximum absolute atomic E-state index is 13.7. The van der Waals surface area contributed by atoms with Crippen molar-refractivity contribution in [2.75, 3.05) is 5.32 Å². The number of alkyl halides is 1. The molecule has 0 heterocycles. The van der Waals surface area contributed by atoms with Crippen LogP contribution in [0.2, 0.25) is 0 Å². The number of hydrogen-bond acceptors (Lipinski definition) is 2. The van der Waals surface area contributed by atoms with Crippen LogP contribution < -0.4 is 5.32 Å². The van der Waals surface area contributed by atoms with Gasteiger partial charge in [0, 0.05) is 5.69 Å². The number of carbonyl (C=O) groups is 1. The van der Waals surface area contributed by atoms with Gasteiger partial charge in [0.25, 0.3) is 0 Å². The second kappa shape index (κ2) is 4.26. The van der Waals surface area contributed by atoms with E-state index in [-0.39, 0.29) is 0 Å². The lowest BCUT2D eigenvalue weighted by Gasteiger charge is -2.19. The average Bonchev–Trinajstić information content (AvgIpc) is 2.95. The van der Waals surface area contributed by atoms with Crippen molar-refractivity contribution in [1.29, 1.82) is 0 Å². The van der Waals surface area contributed by atoms with Crippen molar-refractivity contribution in [2.24, 2.45) is 0 Å². The molecule has 1 saturated carbocycles. The monoisotopic (exact) mass is 251 g/mol. The van der Waals surface area contributed by atoms with Crippen molar-refractivity contribution in [2.45, 2.75) is 44.9 Å². The summed E-state index contributed by atoms with van der Waals surface area (Å²) < 4.78 is 18.9. The minimum Gasteiger partial charge on any atom is -0.444 e. The first-order valence-electron chi connectivity index (χ1n) is 6.08. The van der Waals surface area contributed by atoms with Crippen LogP contribution in [0.5, 0.6) is 0 Å². The topological polar surface area (TPSA) is 38.3 Å². The van der Waals surface area contributed by atoms with Gasteiger partial charge < -0.3 is 4.74 Å². The largest absolute Gasteiger partial charge is 0.444 e. The number of carbonyl (C=O) groups excluding carboxylic acids is 1. The van der Waals surface area contributed by atoms with Crippen LogP contribution in [0.3, 0.4) is 0 Å². The molecule has 1 aromatic carbocycles. The van der Waals surface area contributed by atoms with E-state index >= 15 is 0 Å². The van der Waals surface area contributed by atoms with Crippen LogP contribution in [-0.4, -0.2) is 11.7 Å². The lowest BCUT2D eigenvalue weighted by Crippen LogP contribution is -2.27. The summed E-state index contributed by atoms with van der Waals surface area (Å²) in [4.78, 5) is 11.5. The highest BCUT2D eigenvalue weighted by Gasteiger charge is 2.44. The first-order chi connectivity index (χ1) is 8.28. The Morgan fingerprint density at radius 1 is 1.28 bits per heavy atom. The molecule has 0 unspecified atom stereocenters. The summed E-state index contributed by atoms with van der Waals surface area (Å²) in [5, 5.41) is 2.61. The SMILES string of the molecule is CC(C)(C)OC(=O)Nc1ccc(C2(F)CC2)cc1. The van der Waals surface area contributed by atoms with E-state index in [1.165, 1.54) is 0 Å². The molecule has 4 heteroatoms. The normalized spacial score (nSPS) is 17.1. The van der Waals surface area contributed by atoms with Gasteiger partial charge in [-0.15, -0.1) is 0 Å². The summed E-state index contributed by atoms with van der Waals surface area (Å²) >= 11 is 0. The number of anilines is 1. The molecule has 1 amide bonds. The van der Waals surface area contributed by atoms with E-state index in [2.05, 4.69) is 5.32 Å². The number of hydrogen-bond donors (Lipinski definition) is 1. The predicted octanol–water partition coefficient (Wildman–Crippen LogP) is 3.99. The molecule has 0 bridgehead atoms. The second-order valence-corrected chi connectivity index (χ2v) is 5.67. The number of nitrogens with one attached hydrogen (secondary N) is 1. The molecular formula is C14H18FNO2. The first-order valence-corrected chi connectivity index (χ1v) is 6.08. The minimum absolute atomic E-state index is 0.503. The fourth-order valence-electron chi connectivity index (χ4n) is 1.67. The molecule has 0 atom stereocenters. The number of halogens is 1. The van der Waals surface area contributed by atoms with E-state index in [0.29, 0.717) is 24.1 Å². The van der Waals surface area contributed by atoms with Crippen molar-refractivity contribution in [3.05, 3.63) is 29.8 Å². The van der Waals surface area contributed by atoms with Gasteiger partial charge in [-0.1, -0.05) is 12.1 Å². The van der Waals surface area contributed by atoms with Gasteiger partial charge >= 0.3 is 6.09 Å². The average molecular weight is 251 g/mol. The molecule has 0 aliphatic heterocycles. The Morgan fingerprint density at radius 2 is 1.83 bits per heavy atom. The number of ether oxygens (including phenoxy) is 1. The van der Waals surface area contributed by atoms with Gasteiger partial charge in [-0.3, -0.25) is 5.32 Å². The summed E-state index contributed by atoms with van der Waals surface area (Å²) in [6.07, 6.45) is 0.675. The molecule has 0 radical (unpaired) electrons. The van der Waals surface area contributed by atoms with Crippen molar-refractivity contribution in [3.8, 4) is 0 Å². The molecular weight excluding hydrogens is 233 g/mol. The summed E-state index contributed by atoms with van der Waals surface area (Å²) in [6, 6.07) is 6.80. The molecule has 3 nitrogen and oxygen atoms in total. The van der Waals surface area contributed by atoms with Gasteiger partial charge in [-0.25, -0.2) is 9.18 Å². The highest BCUT2D eigenvalue weighted by Crippen LogP contribution is 2.49. The maximum Gasteiger partial charge on any atom is 0.412 e. The zero-order valence-corrected chi connectivity index (χ0v) is 10.9. The van der Waals surface area contributed by atoms with Crippen molar-refractivity contribution >= 4 is 11.8 Å². The molecule has 0 saturated heterocycles. The number of benzene rings is 1. The molecule has 1 aromatic rings. The van der Waals surface area contributed by atoms with E-state index in [1.807, 2.05) is 0 Å². The number of amides is 1. The van der Waals surface area contributed by atoms with E-state index in [4.69, 9.17) is 4.74 Å². The second-order valence-electron chi connectivity index (χ2n) is 5.67. The lowest BCUT2D eigenvalue weighted by atomic mass is 10.1. The molecule has 18 heavy (non-hydrogen) atoms. The zero-order chi connectivity index (χ0) is 13.4. The Bertz CT molecular complexity index is 444. The van der Waals surface area contributed by atoms with Crippen LogP contribution in [-0.2, 0) is 10.4 Å². The standard InChI is InChI=1S/C14H18FNO2/c1-13(2,3)18-12(17)16-11-6-4-10(5-7-11)14(15)8-9-14/h4-7H,8-9H2,1-3H3,(H,16,17). The minimum atomic E-state index is -1.13. The molecule has 98 valence electrons. The summed E-state index contributed by atoms with van der Waals surface area (Å²) in [7, 11) is 0. The van der Waals surface area contributed by atoms with Crippen LogP contribution in [0.4, 0.5) is 14.9 Å². The third-order valence-electron chi connectivity index (χ3n) is 2.74. The smallest absolute Gasteiger partial charge is 0.412 e. The van der Waals surface area contributed by atoms with Gasteiger partial charge in [0.1, 0.15) is 11.3 Å². The number of rotatable bonds is 2. The molecule has 1 N–H and O–H groups in total. The summed E-state index contributed by atoms with van der Waals surface area (Å²) in [5.41, 5.74) is -0.375. The Labute approximate surface area is 106 Å². The molecule has 1 aliphatic rings. The van der Waals surface area contributed by atoms with Gasteiger partial charge in [0.2, 0.25) is 0 Å². The quantitative estimate of drug-likeness (QED) is 0.863. The lowest BCUT2D eigenvalue weighted by molar-refractivity contribution is 0.0636. The van der Waals surface area contributed by atoms with Gasteiger partial charge in [0.05, 0.1) is 0 Å². The van der Waals surface area contributed by atoms with E-state index < -0.39 is 17.4 Å². The van der Waals surface area contributed by atoms with Crippen molar-refractivity contribution in [1.82, 2.24) is 0 Å². The van der Waals surface area contributed by atoms with Crippen LogP contribution in [0.25, 0.3) is 0 Å². The molecule has 0 aromatic heterocycles. The molecule has 0 spiro atoms. The Kier molecular flexibility index (Phi) is 3.05.